The SMILES string of the molecule is c1csc(-c2nc3cc(CN4CCCNCC4)ccc3o2)c1. The van der Waals surface area contributed by atoms with Crippen LogP contribution < -0.4 is 5.32 Å². The predicted octanol–water partition coefficient (Wildman–Crippen LogP) is 3.35. The van der Waals surface area contributed by atoms with Gasteiger partial charge in [-0.05, 0) is 48.7 Å². The van der Waals surface area contributed by atoms with Crippen LogP contribution in [0, 0.1) is 0 Å². The van der Waals surface area contributed by atoms with Gasteiger partial charge in [-0.25, -0.2) is 4.98 Å². The van der Waals surface area contributed by atoms with Crippen molar-refractivity contribution >= 4 is 22.4 Å². The van der Waals surface area contributed by atoms with Crippen LogP contribution in [0.25, 0.3) is 21.9 Å². The van der Waals surface area contributed by atoms with E-state index >= 15 is 0 Å². The maximum Gasteiger partial charge on any atom is 0.237 e. The number of oxazole rings is 1. The van der Waals surface area contributed by atoms with Crippen LogP contribution >= 0.6 is 11.3 Å². The lowest BCUT2D eigenvalue weighted by molar-refractivity contribution is 0.284. The van der Waals surface area contributed by atoms with Gasteiger partial charge in [0.15, 0.2) is 5.58 Å². The molecule has 4 rings (SSSR count). The van der Waals surface area contributed by atoms with Crippen LogP contribution in [0.5, 0.6) is 0 Å². The zero-order valence-electron chi connectivity index (χ0n) is 12.4. The second-order valence-electron chi connectivity index (χ2n) is 5.68. The molecule has 114 valence electrons. The van der Waals surface area contributed by atoms with E-state index in [0.717, 1.165) is 54.6 Å². The maximum atomic E-state index is 5.85. The topological polar surface area (TPSA) is 41.3 Å². The minimum absolute atomic E-state index is 0.723. The van der Waals surface area contributed by atoms with Crippen LogP contribution in [0.2, 0.25) is 0 Å². The van der Waals surface area contributed by atoms with Crippen molar-refractivity contribution in [2.75, 3.05) is 26.2 Å². The first-order valence-electron chi connectivity index (χ1n) is 7.75. The summed E-state index contributed by atoms with van der Waals surface area (Å²) in [7, 11) is 0. The minimum Gasteiger partial charge on any atom is -0.435 e. The van der Waals surface area contributed by atoms with Crippen LogP contribution in [-0.2, 0) is 6.54 Å². The van der Waals surface area contributed by atoms with Crippen LogP contribution in [0.1, 0.15) is 12.0 Å². The Bertz CT molecular complexity index is 742. The van der Waals surface area contributed by atoms with Gasteiger partial charge in [-0.3, -0.25) is 4.90 Å². The van der Waals surface area contributed by atoms with Gasteiger partial charge in [-0.15, -0.1) is 11.3 Å². The van der Waals surface area contributed by atoms with Gasteiger partial charge >= 0.3 is 0 Å². The molecule has 0 amide bonds. The van der Waals surface area contributed by atoms with Gasteiger partial charge in [0.05, 0.1) is 4.88 Å². The molecule has 1 N–H and O–H groups in total. The molecule has 5 heteroatoms. The minimum atomic E-state index is 0.723. The molecule has 0 aliphatic carbocycles. The number of hydrogen-bond donors (Lipinski definition) is 1. The first kappa shape index (κ1) is 13.9. The molecule has 1 saturated heterocycles. The summed E-state index contributed by atoms with van der Waals surface area (Å²) in [5.41, 5.74) is 3.12. The van der Waals surface area contributed by atoms with Gasteiger partial charge in [-0.2, -0.15) is 0 Å². The van der Waals surface area contributed by atoms with Crippen LogP contribution in [0.3, 0.4) is 0 Å². The molecule has 0 bridgehead atoms. The highest BCUT2D eigenvalue weighted by Crippen LogP contribution is 2.28. The summed E-state index contributed by atoms with van der Waals surface area (Å²) >= 11 is 1.65. The normalized spacial score (nSPS) is 16.9. The summed E-state index contributed by atoms with van der Waals surface area (Å²) in [6.45, 7) is 5.46. The van der Waals surface area contributed by atoms with E-state index in [-0.39, 0.29) is 0 Å². The molecule has 0 saturated carbocycles. The molecule has 22 heavy (non-hydrogen) atoms. The molecular formula is C17H19N3OS. The van der Waals surface area contributed by atoms with Crippen LogP contribution in [0.15, 0.2) is 40.1 Å². The molecule has 1 aliphatic heterocycles. The fourth-order valence-electron chi connectivity index (χ4n) is 2.89. The third kappa shape index (κ3) is 2.92. The van der Waals surface area contributed by atoms with Crippen LogP contribution in [-0.4, -0.2) is 36.1 Å². The average Bonchev–Trinajstić information content (AvgIpc) is 3.12. The number of hydrogen-bond acceptors (Lipinski definition) is 5. The molecule has 1 fully saturated rings. The van der Waals surface area contributed by atoms with E-state index in [1.165, 1.54) is 12.0 Å². The van der Waals surface area contributed by atoms with Crippen molar-refractivity contribution in [1.29, 1.82) is 0 Å². The second-order valence-corrected chi connectivity index (χ2v) is 6.63. The number of aromatic nitrogens is 1. The van der Waals surface area contributed by atoms with Gasteiger partial charge in [0.2, 0.25) is 5.89 Å². The highest BCUT2D eigenvalue weighted by molar-refractivity contribution is 7.13. The molecule has 0 atom stereocenters. The highest BCUT2D eigenvalue weighted by Gasteiger charge is 2.12. The number of nitrogens with zero attached hydrogens (tertiary/aromatic N) is 2. The maximum absolute atomic E-state index is 5.85. The van der Waals surface area contributed by atoms with E-state index in [9.17, 15) is 0 Å². The molecule has 0 radical (unpaired) electrons. The number of nitrogens with one attached hydrogen (secondary N) is 1. The number of fused-ring (bicyclic) bond motifs is 1. The quantitative estimate of drug-likeness (QED) is 0.805. The summed E-state index contributed by atoms with van der Waals surface area (Å²) in [5, 5.41) is 5.49. The third-order valence-corrected chi connectivity index (χ3v) is 4.88. The molecular weight excluding hydrogens is 294 g/mol. The molecule has 0 spiro atoms. The Labute approximate surface area is 133 Å². The zero-order valence-corrected chi connectivity index (χ0v) is 13.2. The smallest absolute Gasteiger partial charge is 0.237 e. The Morgan fingerprint density at radius 3 is 3.14 bits per heavy atom. The van der Waals surface area contributed by atoms with Gasteiger partial charge in [0, 0.05) is 19.6 Å². The number of rotatable bonds is 3. The lowest BCUT2D eigenvalue weighted by atomic mass is 10.2. The molecule has 1 aromatic carbocycles. The Morgan fingerprint density at radius 1 is 1.23 bits per heavy atom. The summed E-state index contributed by atoms with van der Waals surface area (Å²) in [4.78, 5) is 8.22. The Kier molecular flexibility index (Phi) is 3.93. The summed E-state index contributed by atoms with van der Waals surface area (Å²) in [5.74, 6) is 0.723. The first-order valence-corrected chi connectivity index (χ1v) is 8.63. The molecule has 1 aliphatic rings. The number of thiophene rings is 1. The molecule has 4 nitrogen and oxygen atoms in total. The van der Waals surface area contributed by atoms with Gasteiger partial charge in [-0.1, -0.05) is 12.1 Å². The van der Waals surface area contributed by atoms with Crippen molar-refractivity contribution in [3.63, 3.8) is 0 Å². The Balaban J connectivity index is 1.57. The third-order valence-electron chi connectivity index (χ3n) is 4.02. The van der Waals surface area contributed by atoms with Crippen molar-refractivity contribution < 1.29 is 4.42 Å². The second kappa shape index (κ2) is 6.20. The predicted molar refractivity (Wildman–Crippen MR) is 90.1 cm³/mol. The summed E-state index contributed by atoms with van der Waals surface area (Å²) < 4.78 is 5.85. The average molecular weight is 313 g/mol. The van der Waals surface area contributed by atoms with Gasteiger partial charge < -0.3 is 9.73 Å². The van der Waals surface area contributed by atoms with Crippen LogP contribution in [0.4, 0.5) is 0 Å². The van der Waals surface area contributed by atoms with E-state index in [0.29, 0.717) is 0 Å². The monoisotopic (exact) mass is 313 g/mol. The van der Waals surface area contributed by atoms with Crippen molar-refractivity contribution in [3.8, 4) is 10.8 Å². The fourth-order valence-corrected chi connectivity index (χ4v) is 3.54. The lowest BCUT2D eigenvalue weighted by Crippen LogP contribution is -2.27. The molecule has 0 unspecified atom stereocenters. The number of benzene rings is 1. The van der Waals surface area contributed by atoms with Gasteiger partial charge in [0.1, 0.15) is 5.52 Å². The summed E-state index contributed by atoms with van der Waals surface area (Å²) in [6.07, 6.45) is 1.22. The largest absolute Gasteiger partial charge is 0.435 e. The van der Waals surface area contributed by atoms with E-state index in [1.807, 2.05) is 23.6 Å². The Hall–Kier alpha value is -1.69. The van der Waals surface area contributed by atoms with E-state index in [2.05, 4.69) is 27.3 Å². The molecule has 3 aromatic rings. The summed E-state index contributed by atoms with van der Waals surface area (Å²) in [6, 6.07) is 10.4. The standard InChI is InChI=1S/C17H19N3OS/c1-3-16(22-10-1)17-19-14-11-13(4-5-15(14)21-17)12-20-8-2-6-18-7-9-20/h1,3-5,10-11,18H,2,6-9,12H2. The lowest BCUT2D eigenvalue weighted by Gasteiger charge is -2.19. The van der Waals surface area contributed by atoms with E-state index in [4.69, 9.17) is 4.42 Å². The highest BCUT2D eigenvalue weighted by atomic mass is 32.1. The van der Waals surface area contributed by atoms with E-state index < -0.39 is 0 Å². The Morgan fingerprint density at radius 2 is 2.23 bits per heavy atom. The first-order chi connectivity index (χ1) is 10.9. The van der Waals surface area contributed by atoms with Crippen molar-refractivity contribution in [3.05, 3.63) is 41.3 Å². The molecule has 2 aromatic heterocycles. The van der Waals surface area contributed by atoms with Crippen molar-refractivity contribution in [2.24, 2.45) is 0 Å². The zero-order chi connectivity index (χ0) is 14.8. The van der Waals surface area contributed by atoms with Crippen molar-refractivity contribution in [2.45, 2.75) is 13.0 Å². The fraction of sp³-hybridized carbons (Fsp3) is 0.353. The van der Waals surface area contributed by atoms with Crippen molar-refractivity contribution in [1.82, 2.24) is 15.2 Å². The molecule has 3 heterocycles. The van der Waals surface area contributed by atoms with Gasteiger partial charge in [0.25, 0.3) is 0 Å². The van der Waals surface area contributed by atoms with E-state index in [1.54, 1.807) is 11.3 Å².